The van der Waals surface area contributed by atoms with E-state index in [2.05, 4.69) is 31.3 Å². The fourth-order valence-electron chi connectivity index (χ4n) is 2.47. The van der Waals surface area contributed by atoms with Crippen LogP contribution in [0.25, 0.3) is 0 Å². The summed E-state index contributed by atoms with van der Waals surface area (Å²) in [6.07, 6.45) is 5.73. The van der Waals surface area contributed by atoms with Gasteiger partial charge in [0.25, 0.3) is 0 Å². The fourth-order valence-corrected chi connectivity index (χ4v) is 3.31. The summed E-state index contributed by atoms with van der Waals surface area (Å²) in [4.78, 5) is 2.89. The molecule has 84 valence electrons. The van der Waals surface area contributed by atoms with E-state index in [9.17, 15) is 0 Å². The smallest absolute Gasteiger partial charge is 0.0302 e. The maximum absolute atomic E-state index is 3.66. The highest BCUT2D eigenvalue weighted by Gasteiger charge is 2.20. The van der Waals surface area contributed by atoms with Crippen LogP contribution in [-0.2, 0) is 6.54 Å². The second-order valence-corrected chi connectivity index (χ2v) is 6.10. The largest absolute Gasteiger partial charge is 0.309 e. The van der Waals surface area contributed by atoms with E-state index in [0.717, 1.165) is 12.5 Å². The van der Waals surface area contributed by atoms with Crippen LogP contribution in [0.5, 0.6) is 0 Å². The van der Waals surface area contributed by atoms with Gasteiger partial charge in [0.05, 0.1) is 0 Å². The third kappa shape index (κ3) is 3.05. The summed E-state index contributed by atoms with van der Waals surface area (Å²) in [5.74, 6) is 0.922. The Kier molecular flexibility index (Phi) is 3.81. The van der Waals surface area contributed by atoms with Gasteiger partial charge in [-0.15, -0.1) is 11.3 Å². The second kappa shape index (κ2) is 5.13. The summed E-state index contributed by atoms with van der Waals surface area (Å²) >= 11 is 1.91. The van der Waals surface area contributed by atoms with Crippen molar-refractivity contribution in [3.05, 3.63) is 21.9 Å². The molecule has 1 fully saturated rings. The van der Waals surface area contributed by atoms with Crippen molar-refractivity contribution in [1.82, 2.24) is 5.32 Å². The highest BCUT2D eigenvalue weighted by atomic mass is 32.1. The minimum Gasteiger partial charge on any atom is -0.309 e. The number of nitrogens with one attached hydrogen (secondary N) is 1. The highest BCUT2D eigenvalue weighted by molar-refractivity contribution is 7.11. The molecule has 1 heterocycles. The van der Waals surface area contributed by atoms with Gasteiger partial charge in [-0.05, 0) is 44.7 Å². The molecule has 1 aromatic heterocycles. The molecule has 2 heteroatoms. The van der Waals surface area contributed by atoms with Gasteiger partial charge in [-0.2, -0.15) is 0 Å². The van der Waals surface area contributed by atoms with Gasteiger partial charge in [0, 0.05) is 22.3 Å². The van der Waals surface area contributed by atoms with E-state index in [-0.39, 0.29) is 0 Å². The van der Waals surface area contributed by atoms with Gasteiger partial charge in [0.2, 0.25) is 0 Å². The van der Waals surface area contributed by atoms with Crippen LogP contribution in [0, 0.1) is 12.8 Å². The standard InChI is InChI=1S/C13H21NS/c1-10-7-8-13(15-10)9-14-11(2)12-5-3-4-6-12/h7-8,11-12,14H,3-6,9H2,1-2H3/t11-/m1/s1. The molecule has 1 N–H and O–H groups in total. The second-order valence-electron chi connectivity index (χ2n) is 4.73. The van der Waals surface area contributed by atoms with Crippen LogP contribution in [0.4, 0.5) is 0 Å². The van der Waals surface area contributed by atoms with Crippen LogP contribution in [0.2, 0.25) is 0 Å². The molecular weight excluding hydrogens is 202 g/mol. The maximum atomic E-state index is 3.66. The van der Waals surface area contributed by atoms with Crippen LogP contribution in [0.15, 0.2) is 12.1 Å². The quantitative estimate of drug-likeness (QED) is 0.820. The lowest BCUT2D eigenvalue weighted by atomic mass is 10.00. The molecular formula is C13H21NS. The Hall–Kier alpha value is -0.340. The molecule has 0 radical (unpaired) electrons. The summed E-state index contributed by atoms with van der Waals surface area (Å²) in [5.41, 5.74) is 0. The van der Waals surface area contributed by atoms with E-state index in [1.54, 1.807) is 0 Å². The summed E-state index contributed by atoms with van der Waals surface area (Å²) in [6.45, 7) is 5.57. The predicted octanol–water partition coefficient (Wildman–Crippen LogP) is 3.72. The zero-order chi connectivity index (χ0) is 10.7. The van der Waals surface area contributed by atoms with Crippen molar-refractivity contribution in [2.75, 3.05) is 0 Å². The molecule has 1 atom stereocenters. The van der Waals surface area contributed by atoms with Gasteiger partial charge in [0.1, 0.15) is 0 Å². The minimum absolute atomic E-state index is 0.690. The lowest BCUT2D eigenvalue weighted by molar-refractivity contribution is 0.381. The van der Waals surface area contributed by atoms with Crippen molar-refractivity contribution in [1.29, 1.82) is 0 Å². The van der Waals surface area contributed by atoms with E-state index < -0.39 is 0 Å². The van der Waals surface area contributed by atoms with Crippen molar-refractivity contribution in [2.24, 2.45) is 5.92 Å². The third-order valence-corrected chi connectivity index (χ3v) is 4.50. The van der Waals surface area contributed by atoms with Crippen molar-refractivity contribution in [3.8, 4) is 0 Å². The van der Waals surface area contributed by atoms with E-state index >= 15 is 0 Å². The molecule has 0 unspecified atom stereocenters. The van der Waals surface area contributed by atoms with Gasteiger partial charge >= 0.3 is 0 Å². The first-order valence-corrected chi connectivity index (χ1v) is 6.86. The van der Waals surface area contributed by atoms with E-state index in [1.165, 1.54) is 35.4 Å². The molecule has 0 spiro atoms. The highest BCUT2D eigenvalue weighted by Crippen LogP contribution is 2.27. The molecule has 0 saturated heterocycles. The van der Waals surface area contributed by atoms with Crippen molar-refractivity contribution in [3.63, 3.8) is 0 Å². The normalized spacial score (nSPS) is 19.6. The molecule has 1 aliphatic rings. The van der Waals surface area contributed by atoms with Crippen LogP contribution in [0.1, 0.15) is 42.4 Å². The van der Waals surface area contributed by atoms with E-state index in [0.29, 0.717) is 6.04 Å². The molecule has 0 aliphatic heterocycles. The van der Waals surface area contributed by atoms with Crippen LogP contribution >= 0.6 is 11.3 Å². The molecule has 1 aliphatic carbocycles. The molecule has 1 nitrogen and oxygen atoms in total. The van der Waals surface area contributed by atoms with Crippen LogP contribution < -0.4 is 5.32 Å². The average Bonchev–Trinajstić information content (AvgIpc) is 2.84. The summed E-state index contributed by atoms with van der Waals surface area (Å²) in [7, 11) is 0. The average molecular weight is 223 g/mol. The van der Waals surface area contributed by atoms with Crippen molar-refractivity contribution in [2.45, 2.75) is 52.1 Å². The Morgan fingerprint density at radius 1 is 1.40 bits per heavy atom. The van der Waals surface area contributed by atoms with Crippen LogP contribution in [0.3, 0.4) is 0 Å². The molecule has 1 saturated carbocycles. The van der Waals surface area contributed by atoms with Gasteiger partial charge in [-0.25, -0.2) is 0 Å². The molecule has 2 rings (SSSR count). The number of rotatable bonds is 4. The Labute approximate surface area is 96.9 Å². The zero-order valence-electron chi connectivity index (χ0n) is 9.75. The first kappa shape index (κ1) is 11.2. The Bertz CT molecular complexity index is 299. The molecule has 0 aromatic carbocycles. The van der Waals surface area contributed by atoms with Gasteiger partial charge < -0.3 is 5.32 Å². The summed E-state index contributed by atoms with van der Waals surface area (Å²) in [6, 6.07) is 5.14. The number of hydrogen-bond acceptors (Lipinski definition) is 2. The number of thiophene rings is 1. The summed E-state index contributed by atoms with van der Waals surface area (Å²) < 4.78 is 0. The van der Waals surface area contributed by atoms with Gasteiger partial charge in [-0.1, -0.05) is 12.8 Å². The van der Waals surface area contributed by atoms with E-state index in [1.807, 2.05) is 11.3 Å². The maximum Gasteiger partial charge on any atom is 0.0302 e. The lowest BCUT2D eigenvalue weighted by Gasteiger charge is -2.19. The lowest BCUT2D eigenvalue weighted by Crippen LogP contribution is -2.31. The molecule has 15 heavy (non-hydrogen) atoms. The SMILES string of the molecule is Cc1ccc(CN[C@H](C)C2CCCC2)s1. The third-order valence-electron chi connectivity index (χ3n) is 3.50. The minimum atomic E-state index is 0.690. The Balaban J connectivity index is 1.77. The van der Waals surface area contributed by atoms with Crippen molar-refractivity contribution < 1.29 is 0 Å². The molecule has 0 amide bonds. The molecule has 1 aromatic rings. The zero-order valence-corrected chi connectivity index (χ0v) is 10.6. The number of aryl methyl sites for hydroxylation is 1. The van der Waals surface area contributed by atoms with E-state index in [4.69, 9.17) is 0 Å². The van der Waals surface area contributed by atoms with Crippen LogP contribution in [-0.4, -0.2) is 6.04 Å². The first-order chi connectivity index (χ1) is 7.25. The Morgan fingerprint density at radius 3 is 2.73 bits per heavy atom. The van der Waals surface area contributed by atoms with Crippen molar-refractivity contribution >= 4 is 11.3 Å². The Morgan fingerprint density at radius 2 is 2.13 bits per heavy atom. The fraction of sp³-hybridized carbons (Fsp3) is 0.692. The topological polar surface area (TPSA) is 12.0 Å². The monoisotopic (exact) mass is 223 g/mol. The van der Waals surface area contributed by atoms with Gasteiger partial charge in [0.15, 0.2) is 0 Å². The first-order valence-electron chi connectivity index (χ1n) is 6.04. The predicted molar refractivity (Wildman–Crippen MR) is 67.3 cm³/mol. The summed E-state index contributed by atoms with van der Waals surface area (Å²) in [5, 5.41) is 3.66. The number of hydrogen-bond donors (Lipinski definition) is 1. The van der Waals surface area contributed by atoms with Gasteiger partial charge in [-0.3, -0.25) is 0 Å². The molecule has 0 bridgehead atoms.